The molecule has 0 amide bonds. The van der Waals surface area contributed by atoms with Crippen LogP contribution < -0.4 is 0 Å². The van der Waals surface area contributed by atoms with E-state index >= 15 is 0 Å². The van der Waals surface area contributed by atoms with Crippen molar-refractivity contribution in [2.75, 3.05) is 20.3 Å². The monoisotopic (exact) mass is 329 g/mol. The van der Waals surface area contributed by atoms with Crippen molar-refractivity contribution in [3.63, 3.8) is 0 Å². The zero-order valence-electron chi connectivity index (χ0n) is 15.3. The number of allylic oxidation sites excluding steroid dienone is 1. The van der Waals surface area contributed by atoms with Crippen LogP contribution in [0.4, 0.5) is 4.39 Å². The topological polar surface area (TPSA) is 21.6 Å². The number of hydrogen-bond acceptors (Lipinski definition) is 2. The second-order valence-corrected chi connectivity index (χ2v) is 6.88. The Balaban J connectivity index is 2.37. The smallest absolute Gasteiger partial charge is 0.127 e. The molecule has 3 heteroatoms. The minimum Gasteiger partial charge on any atom is -0.379 e. The standard InChI is InChI=1S/C21H28FNO/c1-7-8-21(12-24-13-21)15(4)9-17-10-19(16(5)23-6)18(14(2)3)11-20(17)22/h10-11H,2,4,7-9,12-13H2,1,3,5-6H3/b23-16-. The highest BCUT2D eigenvalue weighted by molar-refractivity contribution is 6.02. The molecule has 1 aromatic carbocycles. The first-order valence-corrected chi connectivity index (χ1v) is 8.52. The lowest BCUT2D eigenvalue weighted by atomic mass is 9.73. The Morgan fingerprint density at radius 3 is 2.38 bits per heavy atom. The Bertz CT molecular complexity index is 683. The molecule has 0 unspecified atom stereocenters. The van der Waals surface area contributed by atoms with E-state index in [1.165, 1.54) is 0 Å². The van der Waals surface area contributed by atoms with Crippen LogP contribution >= 0.6 is 0 Å². The van der Waals surface area contributed by atoms with Crippen molar-refractivity contribution in [1.82, 2.24) is 0 Å². The normalized spacial score (nSPS) is 16.6. The molecule has 1 heterocycles. The lowest BCUT2D eigenvalue weighted by Crippen LogP contribution is -2.44. The van der Waals surface area contributed by atoms with Crippen molar-refractivity contribution in [1.29, 1.82) is 0 Å². The summed E-state index contributed by atoms with van der Waals surface area (Å²) in [6, 6.07) is 3.49. The maximum atomic E-state index is 14.7. The van der Waals surface area contributed by atoms with Crippen LogP contribution in [0, 0.1) is 11.2 Å². The highest BCUT2D eigenvalue weighted by atomic mass is 19.1. The van der Waals surface area contributed by atoms with Gasteiger partial charge in [-0.1, -0.05) is 37.6 Å². The molecule has 0 aromatic heterocycles. The summed E-state index contributed by atoms with van der Waals surface area (Å²) in [4.78, 5) is 4.27. The van der Waals surface area contributed by atoms with E-state index in [0.717, 1.165) is 40.8 Å². The molecule has 0 radical (unpaired) electrons. The van der Waals surface area contributed by atoms with Crippen LogP contribution in [0.2, 0.25) is 0 Å². The zero-order valence-corrected chi connectivity index (χ0v) is 15.3. The molecule has 0 aliphatic carbocycles. The Morgan fingerprint density at radius 1 is 1.25 bits per heavy atom. The van der Waals surface area contributed by atoms with Gasteiger partial charge in [0.05, 0.1) is 13.2 Å². The molecule has 0 spiro atoms. The van der Waals surface area contributed by atoms with Gasteiger partial charge in [-0.15, -0.1) is 0 Å². The quantitative estimate of drug-likeness (QED) is 0.497. The van der Waals surface area contributed by atoms with Crippen molar-refractivity contribution in [2.24, 2.45) is 10.4 Å². The predicted octanol–water partition coefficient (Wildman–Crippen LogP) is 5.21. The van der Waals surface area contributed by atoms with Crippen LogP contribution in [0.15, 0.2) is 35.9 Å². The van der Waals surface area contributed by atoms with Gasteiger partial charge >= 0.3 is 0 Å². The Morgan fingerprint density at radius 2 is 1.92 bits per heavy atom. The molecule has 0 atom stereocenters. The number of benzene rings is 1. The first-order chi connectivity index (χ1) is 11.3. The SMILES string of the molecule is C=C(C)c1cc(F)c(CC(=C)C2(CCC)COC2)cc1/C(C)=N\C. The predicted molar refractivity (Wildman–Crippen MR) is 100 cm³/mol. The van der Waals surface area contributed by atoms with E-state index in [2.05, 4.69) is 25.1 Å². The second kappa shape index (κ2) is 7.43. The van der Waals surface area contributed by atoms with Crippen molar-refractivity contribution >= 4 is 11.3 Å². The molecule has 1 fully saturated rings. The molecule has 1 saturated heterocycles. The van der Waals surface area contributed by atoms with Gasteiger partial charge in [-0.05, 0) is 49.9 Å². The first-order valence-electron chi connectivity index (χ1n) is 8.52. The zero-order chi connectivity index (χ0) is 17.9. The van der Waals surface area contributed by atoms with Gasteiger partial charge in [0.2, 0.25) is 0 Å². The van der Waals surface area contributed by atoms with E-state index in [9.17, 15) is 4.39 Å². The summed E-state index contributed by atoms with van der Waals surface area (Å²) in [6.07, 6.45) is 2.65. The van der Waals surface area contributed by atoms with Crippen molar-refractivity contribution in [3.8, 4) is 0 Å². The minimum atomic E-state index is -0.200. The molecule has 1 aliphatic heterocycles. The first kappa shape index (κ1) is 18.6. The van der Waals surface area contributed by atoms with Gasteiger partial charge in [-0.25, -0.2) is 4.39 Å². The Hall–Kier alpha value is -1.74. The van der Waals surface area contributed by atoms with Gasteiger partial charge in [-0.2, -0.15) is 0 Å². The number of halogens is 1. The van der Waals surface area contributed by atoms with E-state index in [0.29, 0.717) is 25.2 Å². The van der Waals surface area contributed by atoms with Crippen LogP contribution in [-0.4, -0.2) is 26.0 Å². The maximum Gasteiger partial charge on any atom is 0.127 e. The van der Waals surface area contributed by atoms with Crippen molar-refractivity contribution in [2.45, 2.75) is 40.0 Å². The highest BCUT2D eigenvalue weighted by Gasteiger charge is 2.40. The number of nitrogens with zero attached hydrogens (tertiary/aromatic N) is 1. The van der Waals surface area contributed by atoms with Gasteiger partial charge < -0.3 is 4.74 Å². The van der Waals surface area contributed by atoms with Gasteiger partial charge in [0.1, 0.15) is 5.82 Å². The largest absolute Gasteiger partial charge is 0.379 e. The van der Waals surface area contributed by atoms with Crippen molar-refractivity contribution in [3.05, 3.63) is 53.4 Å². The van der Waals surface area contributed by atoms with E-state index in [-0.39, 0.29) is 11.2 Å². The Kier molecular flexibility index (Phi) is 5.76. The van der Waals surface area contributed by atoms with E-state index in [4.69, 9.17) is 4.74 Å². The van der Waals surface area contributed by atoms with Gasteiger partial charge in [-0.3, -0.25) is 4.99 Å². The molecule has 2 nitrogen and oxygen atoms in total. The van der Waals surface area contributed by atoms with Crippen LogP contribution in [0.3, 0.4) is 0 Å². The molecule has 0 bridgehead atoms. The number of ether oxygens (including phenoxy) is 1. The van der Waals surface area contributed by atoms with Crippen LogP contribution in [0.1, 0.15) is 50.3 Å². The van der Waals surface area contributed by atoms with Crippen LogP contribution in [0.5, 0.6) is 0 Å². The summed E-state index contributed by atoms with van der Waals surface area (Å²) < 4.78 is 20.1. The third-order valence-electron chi connectivity index (χ3n) is 5.01. The van der Waals surface area contributed by atoms with E-state index < -0.39 is 0 Å². The van der Waals surface area contributed by atoms with Crippen LogP contribution in [-0.2, 0) is 11.2 Å². The summed E-state index contributed by atoms with van der Waals surface area (Å²) in [5.74, 6) is -0.200. The van der Waals surface area contributed by atoms with Gasteiger partial charge in [0.15, 0.2) is 0 Å². The van der Waals surface area contributed by atoms with E-state index in [1.807, 2.05) is 19.9 Å². The second-order valence-electron chi connectivity index (χ2n) is 6.88. The third-order valence-corrected chi connectivity index (χ3v) is 5.01. The van der Waals surface area contributed by atoms with Crippen molar-refractivity contribution < 1.29 is 9.13 Å². The van der Waals surface area contributed by atoms with Crippen LogP contribution in [0.25, 0.3) is 5.57 Å². The summed E-state index contributed by atoms with van der Waals surface area (Å²) >= 11 is 0. The van der Waals surface area contributed by atoms with Gasteiger partial charge in [0.25, 0.3) is 0 Å². The molecule has 0 saturated carbocycles. The molecule has 24 heavy (non-hydrogen) atoms. The Labute approximate surface area is 145 Å². The maximum absolute atomic E-state index is 14.7. The lowest BCUT2D eigenvalue weighted by Gasteiger charge is -2.43. The molecule has 1 aromatic rings. The molecule has 2 rings (SSSR count). The highest BCUT2D eigenvalue weighted by Crippen LogP contribution is 2.41. The lowest BCUT2D eigenvalue weighted by molar-refractivity contribution is -0.0945. The fourth-order valence-electron chi connectivity index (χ4n) is 3.30. The average Bonchev–Trinajstić information content (AvgIpc) is 2.51. The number of aliphatic imine (C=N–C) groups is 1. The summed E-state index contributed by atoms with van der Waals surface area (Å²) in [5.41, 5.74) is 5.24. The molecule has 0 N–H and O–H groups in total. The average molecular weight is 329 g/mol. The van der Waals surface area contributed by atoms with E-state index in [1.54, 1.807) is 13.1 Å². The third kappa shape index (κ3) is 3.51. The molecular formula is C21H28FNO. The number of rotatable bonds is 7. The molecule has 130 valence electrons. The fourth-order valence-corrected chi connectivity index (χ4v) is 3.30. The molecular weight excluding hydrogens is 301 g/mol. The minimum absolute atomic E-state index is 0.0161. The molecule has 1 aliphatic rings. The fraction of sp³-hybridized carbons (Fsp3) is 0.476. The summed E-state index contributed by atoms with van der Waals surface area (Å²) in [5, 5.41) is 0. The van der Waals surface area contributed by atoms with Gasteiger partial charge in [0, 0.05) is 23.7 Å². The summed E-state index contributed by atoms with van der Waals surface area (Å²) in [6.45, 7) is 15.6. The number of hydrogen-bond donors (Lipinski definition) is 0. The summed E-state index contributed by atoms with van der Waals surface area (Å²) in [7, 11) is 1.75.